The smallest absolute Gasteiger partial charge is 0.146 e. The Hall–Kier alpha value is -0.850. The maximum Gasteiger partial charge on any atom is 0.146 e. The van der Waals surface area contributed by atoms with Gasteiger partial charge in [-0.1, -0.05) is 0 Å². The molecule has 0 saturated heterocycles. The van der Waals surface area contributed by atoms with Gasteiger partial charge in [0.2, 0.25) is 0 Å². The molecule has 5 heteroatoms. The van der Waals surface area contributed by atoms with E-state index in [1.807, 2.05) is 0 Å². The molecular formula is C9H11IN4. The number of nitrogens with zero attached hydrogens (tertiary/aromatic N) is 3. The Kier molecular flexibility index (Phi) is 2.34. The number of hydrogen-bond donors (Lipinski definition) is 1. The standard InChI is InChI=1S/C9H11IN4/c1-5(2)14-3-6(10)7-8(11)12-4-13-9(7)14/h3-5H,1-2H3,(H2,11,12,13). The van der Waals surface area contributed by atoms with Crippen LogP contribution in [-0.2, 0) is 0 Å². The van der Waals surface area contributed by atoms with Gasteiger partial charge >= 0.3 is 0 Å². The molecule has 4 nitrogen and oxygen atoms in total. The molecular weight excluding hydrogens is 291 g/mol. The zero-order valence-corrected chi connectivity index (χ0v) is 10.2. The van der Waals surface area contributed by atoms with Crippen molar-refractivity contribution in [2.75, 3.05) is 5.73 Å². The Balaban J connectivity index is 2.84. The first-order chi connectivity index (χ1) is 6.61. The summed E-state index contributed by atoms with van der Waals surface area (Å²) in [5.74, 6) is 0.554. The van der Waals surface area contributed by atoms with Crippen LogP contribution in [0.15, 0.2) is 12.5 Å². The van der Waals surface area contributed by atoms with E-state index in [4.69, 9.17) is 5.73 Å². The Bertz CT molecular complexity index is 475. The number of rotatable bonds is 1. The molecule has 2 aromatic heterocycles. The fraction of sp³-hybridized carbons (Fsp3) is 0.333. The van der Waals surface area contributed by atoms with Crippen LogP contribution in [0.25, 0.3) is 11.0 Å². The Morgan fingerprint density at radius 3 is 2.79 bits per heavy atom. The summed E-state index contributed by atoms with van der Waals surface area (Å²) >= 11 is 2.26. The van der Waals surface area contributed by atoms with Crippen LogP contribution in [0, 0.1) is 3.57 Å². The fourth-order valence-corrected chi connectivity index (χ4v) is 2.27. The number of halogens is 1. The van der Waals surface area contributed by atoms with E-state index in [1.165, 1.54) is 6.33 Å². The maximum absolute atomic E-state index is 5.80. The summed E-state index contributed by atoms with van der Waals surface area (Å²) in [6.07, 6.45) is 3.56. The van der Waals surface area contributed by atoms with Crippen LogP contribution in [-0.4, -0.2) is 14.5 Å². The zero-order valence-electron chi connectivity index (χ0n) is 8.03. The molecule has 74 valence electrons. The highest BCUT2D eigenvalue weighted by Gasteiger charge is 2.12. The molecule has 0 aliphatic carbocycles. The molecule has 2 rings (SSSR count). The van der Waals surface area contributed by atoms with E-state index in [1.54, 1.807) is 0 Å². The van der Waals surface area contributed by atoms with E-state index >= 15 is 0 Å². The minimum atomic E-state index is 0.385. The normalized spacial score (nSPS) is 11.4. The highest BCUT2D eigenvalue weighted by Crippen LogP contribution is 2.27. The minimum absolute atomic E-state index is 0.385. The van der Waals surface area contributed by atoms with Crippen molar-refractivity contribution >= 4 is 39.4 Å². The molecule has 0 fully saturated rings. The molecule has 2 N–H and O–H groups in total. The molecule has 0 atom stereocenters. The quantitative estimate of drug-likeness (QED) is 0.822. The van der Waals surface area contributed by atoms with E-state index < -0.39 is 0 Å². The molecule has 2 heterocycles. The van der Waals surface area contributed by atoms with Gasteiger partial charge in [-0.25, -0.2) is 9.97 Å². The topological polar surface area (TPSA) is 56.7 Å². The minimum Gasteiger partial charge on any atom is -0.383 e. The van der Waals surface area contributed by atoms with Crippen LogP contribution in [0.2, 0.25) is 0 Å². The molecule has 0 aromatic carbocycles. The van der Waals surface area contributed by atoms with Crippen LogP contribution >= 0.6 is 22.6 Å². The SMILES string of the molecule is CC(C)n1cc(I)c2c(N)ncnc21. The number of hydrogen-bond acceptors (Lipinski definition) is 3. The van der Waals surface area contributed by atoms with Gasteiger partial charge in [-0.3, -0.25) is 0 Å². The predicted molar refractivity (Wildman–Crippen MR) is 65.0 cm³/mol. The second kappa shape index (κ2) is 3.38. The first kappa shape index (κ1) is 9.70. The average molecular weight is 302 g/mol. The Morgan fingerprint density at radius 1 is 1.43 bits per heavy atom. The lowest BCUT2D eigenvalue weighted by atomic mass is 10.3. The van der Waals surface area contributed by atoms with Crippen molar-refractivity contribution in [3.63, 3.8) is 0 Å². The van der Waals surface area contributed by atoms with Gasteiger partial charge < -0.3 is 10.3 Å². The van der Waals surface area contributed by atoms with Crippen molar-refractivity contribution in [1.82, 2.24) is 14.5 Å². The summed E-state index contributed by atoms with van der Waals surface area (Å²) in [6.45, 7) is 4.24. The van der Waals surface area contributed by atoms with Gasteiger partial charge in [0.15, 0.2) is 0 Å². The van der Waals surface area contributed by atoms with Crippen LogP contribution in [0.3, 0.4) is 0 Å². The zero-order chi connectivity index (χ0) is 10.3. The number of aromatic nitrogens is 3. The summed E-state index contributed by atoms with van der Waals surface area (Å²) in [6, 6.07) is 0.385. The summed E-state index contributed by atoms with van der Waals surface area (Å²) in [7, 11) is 0. The summed E-state index contributed by atoms with van der Waals surface area (Å²) in [5.41, 5.74) is 6.72. The Morgan fingerprint density at radius 2 is 2.14 bits per heavy atom. The van der Waals surface area contributed by atoms with Crippen molar-refractivity contribution < 1.29 is 0 Å². The van der Waals surface area contributed by atoms with Crippen LogP contribution < -0.4 is 5.73 Å². The number of nitrogens with two attached hydrogens (primary N) is 1. The molecule has 0 bridgehead atoms. The number of anilines is 1. The molecule has 0 radical (unpaired) electrons. The second-order valence-electron chi connectivity index (χ2n) is 3.44. The molecule has 0 amide bonds. The highest BCUT2D eigenvalue weighted by molar-refractivity contribution is 14.1. The fourth-order valence-electron chi connectivity index (χ4n) is 1.46. The highest BCUT2D eigenvalue weighted by atomic mass is 127. The van der Waals surface area contributed by atoms with E-state index in [2.05, 4.69) is 57.2 Å². The lowest BCUT2D eigenvalue weighted by Gasteiger charge is -2.07. The molecule has 0 saturated carbocycles. The van der Waals surface area contributed by atoms with Gasteiger partial charge in [-0.2, -0.15) is 0 Å². The summed E-state index contributed by atoms with van der Waals surface area (Å²) in [5, 5.41) is 0.960. The van der Waals surface area contributed by atoms with Crippen LogP contribution in [0.1, 0.15) is 19.9 Å². The molecule has 2 aromatic rings. The third-order valence-electron chi connectivity index (χ3n) is 2.15. The van der Waals surface area contributed by atoms with Gasteiger partial charge in [0.25, 0.3) is 0 Å². The Labute approximate surface area is 95.7 Å². The number of nitrogen functional groups attached to an aromatic ring is 1. The average Bonchev–Trinajstić information content (AvgIpc) is 2.45. The van der Waals surface area contributed by atoms with E-state index in [-0.39, 0.29) is 0 Å². The van der Waals surface area contributed by atoms with Crippen molar-refractivity contribution in [3.8, 4) is 0 Å². The van der Waals surface area contributed by atoms with Crippen molar-refractivity contribution in [2.45, 2.75) is 19.9 Å². The first-order valence-corrected chi connectivity index (χ1v) is 5.45. The second-order valence-corrected chi connectivity index (χ2v) is 4.60. The van der Waals surface area contributed by atoms with Crippen molar-refractivity contribution in [2.24, 2.45) is 0 Å². The molecule has 0 aliphatic rings. The van der Waals surface area contributed by atoms with E-state index in [0.29, 0.717) is 11.9 Å². The lowest BCUT2D eigenvalue weighted by molar-refractivity contribution is 0.617. The van der Waals surface area contributed by atoms with Gasteiger partial charge in [0.1, 0.15) is 17.8 Å². The maximum atomic E-state index is 5.80. The summed E-state index contributed by atoms with van der Waals surface area (Å²) < 4.78 is 3.21. The van der Waals surface area contributed by atoms with E-state index in [0.717, 1.165) is 14.6 Å². The van der Waals surface area contributed by atoms with Crippen molar-refractivity contribution in [3.05, 3.63) is 16.1 Å². The predicted octanol–water partition coefficient (Wildman–Crippen LogP) is 2.20. The van der Waals surface area contributed by atoms with Gasteiger partial charge in [-0.05, 0) is 36.4 Å². The van der Waals surface area contributed by atoms with Crippen LogP contribution in [0.5, 0.6) is 0 Å². The summed E-state index contributed by atoms with van der Waals surface area (Å²) in [4.78, 5) is 8.24. The van der Waals surface area contributed by atoms with Gasteiger partial charge in [-0.15, -0.1) is 0 Å². The van der Waals surface area contributed by atoms with Crippen LogP contribution in [0.4, 0.5) is 5.82 Å². The monoisotopic (exact) mass is 302 g/mol. The van der Waals surface area contributed by atoms with E-state index in [9.17, 15) is 0 Å². The van der Waals surface area contributed by atoms with Gasteiger partial charge in [0.05, 0.1) is 5.39 Å². The third-order valence-corrected chi connectivity index (χ3v) is 2.97. The largest absolute Gasteiger partial charge is 0.383 e. The first-order valence-electron chi connectivity index (χ1n) is 4.37. The van der Waals surface area contributed by atoms with Gasteiger partial charge in [0, 0.05) is 15.8 Å². The number of fused-ring (bicyclic) bond motifs is 1. The lowest BCUT2D eigenvalue weighted by Crippen LogP contribution is -2.00. The molecule has 0 spiro atoms. The molecule has 0 aliphatic heterocycles. The van der Waals surface area contributed by atoms with Crippen molar-refractivity contribution in [1.29, 1.82) is 0 Å². The molecule has 14 heavy (non-hydrogen) atoms. The molecule has 0 unspecified atom stereocenters. The third kappa shape index (κ3) is 1.35.